The largest absolute Gasteiger partial charge is 0.348 e. The Morgan fingerprint density at radius 3 is 2.31 bits per heavy atom. The molecule has 29 heavy (non-hydrogen) atoms. The number of rotatable bonds is 4. The van der Waals surface area contributed by atoms with E-state index in [9.17, 15) is 21.6 Å². The molecule has 2 heterocycles. The van der Waals surface area contributed by atoms with Gasteiger partial charge in [-0.3, -0.25) is 0 Å². The Bertz CT molecular complexity index is 1190. The Morgan fingerprint density at radius 2 is 1.76 bits per heavy atom. The van der Waals surface area contributed by atoms with Crippen LogP contribution in [-0.4, -0.2) is 36.4 Å². The lowest BCUT2D eigenvalue weighted by Gasteiger charge is -2.42. The minimum absolute atomic E-state index is 0.0602. The fourth-order valence-corrected chi connectivity index (χ4v) is 4.94. The number of anilines is 1. The molecule has 0 spiro atoms. The van der Waals surface area contributed by atoms with Crippen LogP contribution in [0.15, 0.2) is 47.4 Å². The van der Waals surface area contributed by atoms with Crippen LogP contribution >= 0.6 is 11.6 Å². The lowest BCUT2D eigenvalue weighted by molar-refractivity contribution is 0.0174. The second kappa shape index (κ2) is 6.37. The molecule has 10 heteroatoms. The van der Waals surface area contributed by atoms with Crippen LogP contribution in [0.4, 0.5) is 19.0 Å². The van der Waals surface area contributed by atoms with E-state index in [0.29, 0.717) is 5.39 Å². The number of hydrogen-bond donors (Lipinski definition) is 0. The number of fused-ring (bicyclic) bond motifs is 1. The van der Waals surface area contributed by atoms with Gasteiger partial charge in [-0.2, -0.15) is 12.5 Å². The first-order chi connectivity index (χ1) is 13.4. The number of hydrogen-bond acceptors (Lipinski definition) is 4. The zero-order chi connectivity index (χ0) is 21.2. The van der Waals surface area contributed by atoms with Crippen LogP contribution in [0.2, 0.25) is 5.02 Å². The van der Waals surface area contributed by atoms with Gasteiger partial charge in [0.1, 0.15) is 5.67 Å². The monoisotopic (exact) mass is 443 g/mol. The predicted octanol–water partition coefficient (Wildman–Crippen LogP) is 4.59. The van der Waals surface area contributed by atoms with E-state index >= 15 is 0 Å². The fourth-order valence-electron chi connectivity index (χ4n) is 3.41. The molecule has 1 aliphatic rings. The van der Waals surface area contributed by atoms with Crippen LogP contribution in [0.1, 0.15) is 19.4 Å². The van der Waals surface area contributed by atoms with Gasteiger partial charge in [0, 0.05) is 12.5 Å². The number of nitrogens with zero attached hydrogens (tertiary/aromatic N) is 3. The smallest absolute Gasteiger partial charge is 0.283 e. The molecule has 2 aromatic carbocycles. The Kier molecular flexibility index (Phi) is 4.40. The molecule has 0 bridgehead atoms. The van der Waals surface area contributed by atoms with Crippen molar-refractivity contribution in [3.8, 4) is 0 Å². The second-order valence-electron chi connectivity index (χ2n) is 7.49. The van der Waals surface area contributed by atoms with E-state index in [-0.39, 0.29) is 39.9 Å². The molecular formula is C19H17ClF3N3O2S. The van der Waals surface area contributed by atoms with Gasteiger partial charge in [0.2, 0.25) is 0 Å². The maximum absolute atomic E-state index is 14.0. The van der Waals surface area contributed by atoms with Crippen molar-refractivity contribution in [3.63, 3.8) is 0 Å². The minimum Gasteiger partial charge on any atom is -0.348 e. The molecule has 4 rings (SSSR count). The van der Waals surface area contributed by atoms with Crippen molar-refractivity contribution < 1.29 is 21.6 Å². The van der Waals surface area contributed by atoms with Gasteiger partial charge in [-0.1, -0.05) is 29.8 Å². The minimum atomic E-state index is -4.19. The number of benzene rings is 2. The van der Waals surface area contributed by atoms with Crippen molar-refractivity contribution in [2.45, 2.75) is 30.3 Å². The Hall–Kier alpha value is -2.26. The summed E-state index contributed by atoms with van der Waals surface area (Å²) in [6, 6.07) is 9.08. The first-order valence-electron chi connectivity index (χ1n) is 8.75. The van der Waals surface area contributed by atoms with Crippen molar-refractivity contribution in [2.24, 2.45) is 0 Å². The molecule has 1 aliphatic heterocycles. The van der Waals surface area contributed by atoms with Crippen LogP contribution in [0.3, 0.4) is 0 Å². The summed E-state index contributed by atoms with van der Waals surface area (Å²) in [5.74, 6) is -2.82. The average molecular weight is 444 g/mol. The Labute approximate surface area is 170 Å². The van der Waals surface area contributed by atoms with Crippen molar-refractivity contribution in [3.05, 3.63) is 53.1 Å². The van der Waals surface area contributed by atoms with Crippen LogP contribution in [0.25, 0.3) is 10.9 Å². The number of halogens is 4. The zero-order valence-electron chi connectivity index (χ0n) is 15.5. The highest BCUT2D eigenvalue weighted by atomic mass is 35.5. The molecule has 0 N–H and O–H groups in total. The van der Waals surface area contributed by atoms with Crippen LogP contribution in [0, 0.1) is 0 Å². The van der Waals surface area contributed by atoms with Crippen molar-refractivity contribution in [2.75, 3.05) is 18.0 Å². The van der Waals surface area contributed by atoms with E-state index in [1.54, 1.807) is 17.0 Å². The first kappa shape index (κ1) is 20.0. The van der Waals surface area contributed by atoms with Crippen molar-refractivity contribution >= 4 is 38.3 Å². The van der Waals surface area contributed by atoms with E-state index in [2.05, 4.69) is 5.10 Å². The number of alkyl halides is 3. The molecule has 0 radical (unpaired) electrons. The van der Waals surface area contributed by atoms with Crippen molar-refractivity contribution in [1.29, 1.82) is 0 Å². The molecule has 0 saturated carbocycles. The standard InChI is InChI=1S/C19H17ClF3N3O2S/c1-18(21)10-25(11-18)17-16-14(20)4-3-5-15(16)26(24-17)29(27,28)13-8-6-12(7-9-13)19(2,22)23/h3-9H,10-11H2,1-2H3. The normalized spacial score (nSPS) is 16.8. The van der Waals surface area contributed by atoms with Gasteiger partial charge in [0.15, 0.2) is 5.82 Å². The summed E-state index contributed by atoms with van der Waals surface area (Å²) >= 11 is 6.29. The van der Waals surface area contributed by atoms with E-state index in [1.807, 2.05) is 0 Å². The van der Waals surface area contributed by atoms with Crippen LogP contribution < -0.4 is 4.90 Å². The van der Waals surface area contributed by atoms with Crippen LogP contribution in [-0.2, 0) is 15.9 Å². The average Bonchev–Trinajstić information content (AvgIpc) is 3.00. The summed E-state index contributed by atoms with van der Waals surface area (Å²) in [7, 11) is -4.19. The molecule has 0 aliphatic carbocycles. The fraction of sp³-hybridized carbons (Fsp3) is 0.316. The van der Waals surface area contributed by atoms with Gasteiger partial charge in [-0.05, 0) is 31.2 Å². The molecule has 0 amide bonds. The topological polar surface area (TPSA) is 55.2 Å². The van der Waals surface area contributed by atoms with Crippen molar-refractivity contribution in [1.82, 2.24) is 9.19 Å². The van der Waals surface area contributed by atoms with Gasteiger partial charge < -0.3 is 4.90 Å². The highest BCUT2D eigenvalue weighted by Crippen LogP contribution is 2.39. The first-order valence-corrected chi connectivity index (χ1v) is 10.6. The quantitative estimate of drug-likeness (QED) is 0.592. The lowest BCUT2D eigenvalue weighted by Crippen LogP contribution is -2.57. The summed E-state index contributed by atoms with van der Waals surface area (Å²) in [4.78, 5) is 1.42. The van der Waals surface area contributed by atoms with E-state index in [4.69, 9.17) is 11.6 Å². The SMILES string of the molecule is CC1(F)CN(c2nn(S(=O)(=O)c3ccc(C(C)(F)F)cc3)c3cccc(Cl)c23)C1. The van der Waals surface area contributed by atoms with Gasteiger partial charge in [-0.15, -0.1) is 5.10 Å². The highest BCUT2D eigenvalue weighted by Gasteiger charge is 2.41. The van der Waals surface area contributed by atoms with E-state index < -0.39 is 21.6 Å². The van der Waals surface area contributed by atoms with Gasteiger partial charge >= 0.3 is 0 Å². The maximum atomic E-state index is 14.0. The van der Waals surface area contributed by atoms with E-state index in [0.717, 1.165) is 35.3 Å². The molecule has 1 aromatic heterocycles. The second-order valence-corrected chi connectivity index (χ2v) is 9.66. The van der Waals surface area contributed by atoms with Crippen LogP contribution in [0.5, 0.6) is 0 Å². The number of aromatic nitrogens is 2. The summed E-state index contributed by atoms with van der Waals surface area (Å²) in [6.45, 7) is 2.30. The zero-order valence-corrected chi connectivity index (χ0v) is 17.1. The summed E-state index contributed by atoms with van der Waals surface area (Å²) in [5, 5.41) is 4.89. The van der Waals surface area contributed by atoms with E-state index in [1.165, 1.54) is 13.0 Å². The molecule has 3 aromatic rings. The predicted molar refractivity (Wildman–Crippen MR) is 105 cm³/mol. The summed E-state index contributed by atoms with van der Waals surface area (Å²) < 4.78 is 68.0. The molecule has 1 fully saturated rings. The van der Waals surface area contributed by atoms with Gasteiger partial charge in [0.25, 0.3) is 15.9 Å². The molecule has 154 valence electrons. The lowest BCUT2D eigenvalue weighted by atomic mass is 9.99. The Morgan fingerprint density at radius 1 is 1.14 bits per heavy atom. The summed E-state index contributed by atoms with van der Waals surface area (Å²) in [6.07, 6.45) is 0. The molecule has 0 unspecified atom stereocenters. The molecular weight excluding hydrogens is 427 g/mol. The molecule has 1 saturated heterocycles. The third kappa shape index (κ3) is 3.36. The third-order valence-corrected chi connectivity index (χ3v) is 6.75. The highest BCUT2D eigenvalue weighted by molar-refractivity contribution is 7.90. The third-order valence-electron chi connectivity index (χ3n) is 4.83. The van der Waals surface area contributed by atoms with Gasteiger partial charge in [0.05, 0.1) is 33.9 Å². The Balaban J connectivity index is 1.84. The summed E-state index contributed by atoms with van der Waals surface area (Å²) in [5.41, 5.74) is -1.46. The maximum Gasteiger partial charge on any atom is 0.283 e. The molecule has 5 nitrogen and oxygen atoms in total. The molecule has 0 atom stereocenters. The van der Waals surface area contributed by atoms with Gasteiger partial charge in [-0.25, -0.2) is 13.2 Å².